The number of ether oxygens (including phenoxy) is 1. The van der Waals surface area contributed by atoms with Crippen molar-refractivity contribution in [3.8, 4) is 5.75 Å². The third-order valence-corrected chi connectivity index (χ3v) is 6.76. The summed E-state index contributed by atoms with van der Waals surface area (Å²) in [6.07, 6.45) is 2.52. The molecule has 184 valence electrons. The highest BCUT2D eigenvalue weighted by atomic mass is 32.2. The minimum atomic E-state index is -4.14. The molecule has 1 saturated heterocycles. The van der Waals surface area contributed by atoms with Crippen LogP contribution in [-0.4, -0.2) is 44.4 Å². The maximum absolute atomic E-state index is 14.2. The van der Waals surface area contributed by atoms with Crippen molar-refractivity contribution in [3.05, 3.63) is 77.5 Å². The number of carbonyl (C=O) groups excluding carboxylic acids is 1. The zero-order valence-electron chi connectivity index (χ0n) is 18.9. The van der Waals surface area contributed by atoms with E-state index in [2.05, 4.69) is 10.3 Å². The van der Waals surface area contributed by atoms with Crippen LogP contribution in [0, 0.1) is 11.6 Å². The minimum absolute atomic E-state index is 0.0378. The molecule has 0 spiro atoms. The zero-order valence-corrected chi connectivity index (χ0v) is 19.7. The van der Waals surface area contributed by atoms with Gasteiger partial charge in [-0.05, 0) is 48.6 Å². The summed E-state index contributed by atoms with van der Waals surface area (Å²) >= 11 is 0. The molecule has 2 aromatic carbocycles. The van der Waals surface area contributed by atoms with Crippen LogP contribution in [0.2, 0.25) is 0 Å². The average molecular weight is 503 g/mol. The number of rotatable bonds is 6. The molecule has 1 amide bonds. The van der Waals surface area contributed by atoms with E-state index >= 15 is 0 Å². The lowest BCUT2D eigenvalue weighted by Crippen LogP contribution is -2.38. The number of nitrogens with two attached hydrogens (primary N) is 1. The number of methoxy groups -OCH3 is 1. The number of primary sulfonamides is 1. The molecule has 3 aromatic rings. The maximum atomic E-state index is 14.2. The van der Waals surface area contributed by atoms with E-state index in [-0.39, 0.29) is 40.3 Å². The van der Waals surface area contributed by atoms with Gasteiger partial charge in [-0.1, -0.05) is 12.1 Å². The summed E-state index contributed by atoms with van der Waals surface area (Å²) in [5.41, 5.74) is 1.54. The largest absolute Gasteiger partial charge is 0.494 e. The number of anilines is 2. The van der Waals surface area contributed by atoms with Gasteiger partial charge in [-0.15, -0.1) is 0 Å². The second-order valence-electron chi connectivity index (χ2n) is 8.21. The van der Waals surface area contributed by atoms with Gasteiger partial charge in [0.1, 0.15) is 5.82 Å². The summed E-state index contributed by atoms with van der Waals surface area (Å²) in [7, 11) is -2.81. The molecule has 1 fully saturated rings. The molecule has 0 radical (unpaired) electrons. The number of nitrogens with one attached hydrogen (secondary N) is 1. The lowest BCUT2D eigenvalue weighted by atomic mass is 9.89. The molecular formula is C24H24F2N4O4S. The first-order chi connectivity index (χ1) is 16.7. The Labute approximate surface area is 201 Å². The van der Waals surface area contributed by atoms with Gasteiger partial charge in [0.2, 0.25) is 0 Å². The van der Waals surface area contributed by atoms with Crippen molar-refractivity contribution >= 4 is 27.3 Å². The summed E-state index contributed by atoms with van der Waals surface area (Å²) in [6.45, 7) is 0.906. The molecule has 0 aliphatic carbocycles. The Morgan fingerprint density at radius 2 is 1.80 bits per heavy atom. The Morgan fingerprint density at radius 1 is 1.11 bits per heavy atom. The van der Waals surface area contributed by atoms with Crippen molar-refractivity contribution in [1.29, 1.82) is 0 Å². The number of piperidine rings is 1. The second kappa shape index (κ2) is 9.96. The van der Waals surface area contributed by atoms with Gasteiger partial charge in [0.25, 0.3) is 15.9 Å². The fourth-order valence-corrected chi connectivity index (χ4v) is 4.57. The highest BCUT2D eigenvalue weighted by Crippen LogP contribution is 2.31. The fourth-order valence-electron chi connectivity index (χ4n) is 4.09. The number of benzene rings is 2. The summed E-state index contributed by atoms with van der Waals surface area (Å²) < 4.78 is 56.0. The lowest BCUT2D eigenvalue weighted by Gasteiger charge is -2.32. The lowest BCUT2D eigenvalue weighted by molar-refractivity contribution is 0.0713. The van der Waals surface area contributed by atoms with Crippen LogP contribution in [0.25, 0.3) is 0 Å². The first-order valence-electron chi connectivity index (χ1n) is 10.8. The van der Waals surface area contributed by atoms with Crippen LogP contribution in [0.5, 0.6) is 5.75 Å². The molecule has 0 bridgehead atoms. The van der Waals surface area contributed by atoms with Gasteiger partial charge >= 0.3 is 0 Å². The standard InChI is InChI=1S/C24H24F2N4O4S/c1-34-22-7-6-18(12-20(22)26)29-21-13-23(35(27,32)33)28-14-19(21)24(31)30-10-8-16(9-11-30)15-2-4-17(25)5-3-15/h2-7,12-14,16H,8-11H2,1H3,(H,28,29)(H2,27,32,33). The number of amides is 1. The summed E-state index contributed by atoms with van der Waals surface area (Å²) in [5, 5.41) is 7.68. The Bertz CT molecular complexity index is 1340. The van der Waals surface area contributed by atoms with Crippen LogP contribution in [0.1, 0.15) is 34.7 Å². The van der Waals surface area contributed by atoms with E-state index < -0.39 is 20.9 Å². The number of nitrogens with zero attached hydrogens (tertiary/aromatic N) is 2. The van der Waals surface area contributed by atoms with Crippen molar-refractivity contribution in [2.45, 2.75) is 23.8 Å². The molecule has 11 heteroatoms. The van der Waals surface area contributed by atoms with Crippen LogP contribution < -0.4 is 15.2 Å². The van der Waals surface area contributed by atoms with E-state index in [4.69, 9.17) is 9.88 Å². The number of hydrogen-bond donors (Lipinski definition) is 2. The number of aromatic nitrogens is 1. The molecule has 4 rings (SSSR count). The predicted octanol–water partition coefficient (Wildman–Crippen LogP) is 3.78. The normalized spacial score (nSPS) is 14.6. The van der Waals surface area contributed by atoms with Gasteiger partial charge in [0.15, 0.2) is 16.6 Å². The second-order valence-corrected chi connectivity index (χ2v) is 9.71. The molecule has 0 unspecified atom stereocenters. The van der Waals surface area contributed by atoms with E-state index in [9.17, 15) is 22.0 Å². The summed E-state index contributed by atoms with van der Waals surface area (Å²) in [6, 6.07) is 11.6. The van der Waals surface area contributed by atoms with Crippen LogP contribution in [0.4, 0.5) is 20.2 Å². The molecule has 1 aliphatic rings. The van der Waals surface area contributed by atoms with E-state index in [1.54, 1.807) is 17.0 Å². The number of halogens is 2. The van der Waals surface area contributed by atoms with Crippen LogP contribution in [-0.2, 0) is 10.0 Å². The Morgan fingerprint density at radius 3 is 2.40 bits per heavy atom. The average Bonchev–Trinajstić information content (AvgIpc) is 2.84. The molecule has 8 nitrogen and oxygen atoms in total. The fraction of sp³-hybridized carbons (Fsp3) is 0.250. The number of likely N-dealkylation sites (tertiary alicyclic amines) is 1. The van der Waals surface area contributed by atoms with Crippen molar-refractivity contribution in [3.63, 3.8) is 0 Å². The number of pyridine rings is 1. The SMILES string of the molecule is COc1ccc(Nc2cc(S(N)(=O)=O)ncc2C(=O)N2CCC(c3ccc(F)cc3)CC2)cc1F. The van der Waals surface area contributed by atoms with Crippen molar-refractivity contribution in [2.24, 2.45) is 5.14 Å². The smallest absolute Gasteiger partial charge is 0.257 e. The molecule has 0 saturated carbocycles. The zero-order chi connectivity index (χ0) is 25.2. The van der Waals surface area contributed by atoms with E-state index in [1.165, 1.54) is 37.4 Å². The molecule has 3 N–H and O–H groups in total. The quantitative estimate of drug-likeness (QED) is 0.530. The Hall–Kier alpha value is -3.57. The number of hydrogen-bond acceptors (Lipinski definition) is 6. The van der Waals surface area contributed by atoms with Crippen LogP contribution in [0.3, 0.4) is 0 Å². The van der Waals surface area contributed by atoms with Gasteiger partial charge in [-0.25, -0.2) is 27.3 Å². The third kappa shape index (κ3) is 5.57. The van der Waals surface area contributed by atoms with Crippen molar-refractivity contribution in [2.75, 3.05) is 25.5 Å². The van der Waals surface area contributed by atoms with Gasteiger partial charge in [-0.2, -0.15) is 0 Å². The summed E-state index contributed by atoms with van der Waals surface area (Å²) in [5.74, 6) is -1.05. The van der Waals surface area contributed by atoms with Gasteiger partial charge in [-0.3, -0.25) is 4.79 Å². The molecule has 1 aromatic heterocycles. The molecule has 1 aliphatic heterocycles. The first-order valence-corrected chi connectivity index (χ1v) is 12.4. The highest BCUT2D eigenvalue weighted by molar-refractivity contribution is 7.89. The summed E-state index contributed by atoms with van der Waals surface area (Å²) in [4.78, 5) is 18.8. The first kappa shape index (κ1) is 24.6. The molecule has 35 heavy (non-hydrogen) atoms. The highest BCUT2D eigenvalue weighted by Gasteiger charge is 2.27. The van der Waals surface area contributed by atoms with E-state index in [0.29, 0.717) is 25.9 Å². The molecule has 0 atom stereocenters. The number of sulfonamides is 1. The van der Waals surface area contributed by atoms with Gasteiger partial charge < -0.3 is 15.0 Å². The van der Waals surface area contributed by atoms with E-state index in [1.807, 2.05) is 0 Å². The van der Waals surface area contributed by atoms with Gasteiger partial charge in [0, 0.05) is 37.1 Å². The van der Waals surface area contributed by atoms with E-state index in [0.717, 1.165) is 17.8 Å². The minimum Gasteiger partial charge on any atom is -0.494 e. The van der Waals surface area contributed by atoms with Gasteiger partial charge in [0.05, 0.1) is 18.4 Å². The number of carbonyl (C=O) groups is 1. The van der Waals surface area contributed by atoms with Crippen molar-refractivity contribution in [1.82, 2.24) is 9.88 Å². The van der Waals surface area contributed by atoms with Crippen LogP contribution >= 0.6 is 0 Å². The predicted molar refractivity (Wildman–Crippen MR) is 126 cm³/mol. The Kier molecular flexibility index (Phi) is 6.99. The Balaban J connectivity index is 1.58. The van der Waals surface area contributed by atoms with Crippen LogP contribution in [0.15, 0.2) is 59.8 Å². The maximum Gasteiger partial charge on any atom is 0.257 e. The molecular weight excluding hydrogens is 478 g/mol. The third-order valence-electron chi connectivity index (χ3n) is 5.96. The molecule has 2 heterocycles. The topological polar surface area (TPSA) is 115 Å². The van der Waals surface area contributed by atoms with Crippen molar-refractivity contribution < 1.29 is 26.7 Å². The monoisotopic (exact) mass is 502 g/mol.